The molecule has 0 atom stereocenters. The lowest BCUT2D eigenvalue weighted by Gasteiger charge is -2.14. The van der Waals surface area contributed by atoms with Crippen LogP contribution in [0.2, 0.25) is 0 Å². The van der Waals surface area contributed by atoms with Gasteiger partial charge in [0.1, 0.15) is 18.9 Å². The van der Waals surface area contributed by atoms with Crippen molar-refractivity contribution in [1.82, 2.24) is 9.55 Å². The maximum absolute atomic E-state index is 12.6. The lowest BCUT2D eigenvalue weighted by atomic mass is 10.1. The molecule has 148 valence electrons. The first-order chi connectivity index (χ1) is 13.9. The van der Waals surface area contributed by atoms with Crippen molar-refractivity contribution in [2.45, 2.75) is 33.9 Å². The third kappa shape index (κ3) is 4.43. The Morgan fingerprint density at radius 1 is 1.17 bits per heavy atom. The van der Waals surface area contributed by atoms with Gasteiger partial charge >= 0.3 is 5.97 Å². The Morgan fingerprint density at radius 3 is 2.55 bits per heavy atom. The standard InChI is InChI=1S/C22H21N3O4/c1-14-10-15(2)21(16(3)11-14)29-13-20(26)28-12-19-24-18-7-5-4-6-17(18)22(27)25(19)9-8-23/h4-7,10-11H,9,12-13H2,1-3H3. The molecule has 0 spiro atoms. The van der Waals surface area contributed by atoms with Gasteiger partial charge in [-0.05, 0) is 44.0 Å². The lowest BCUT2D eigenvalue weighted by molar-refractivity contribution is -0.147. The number of rotatable bonds is 6. The van der Waals surface area contributed by atoms with E-state index >= 15 is 0 Å². The molecular weight excluding hydrogens is 370 g/mol. The normalized spacial score (nSPS) is 10.6. The second-order valence-corrected chi connectivity index (χ2v) is 6.77. The largest absolute Gasteiger partial charge is 0.481 e. The Hall–Kier alpha value is -3.66. The third-order valence-corrected chi connectivity index (χ3v) is 4.47. The molecule has 0 bridgehead atoms. The summed E-state index contributed by atoms with van der Waals surface area (Å²) in [5, 5.41) is 9.44. The summed E-state index contributed by atoms with van der Waals surface area (Å²) in [4.78, 5) is 29.1. The highest BCUT2D eigenvalue weighted by Crippen LogP contribution is 2.24. The Morgan fingerprint density at radius 2 is 1.86 bits per heavy atom. The van der Waals surface area contributed by atoms with Gasteiger partial charge in [0.15, 0.2) is 12.4 Å². The van der Waals surface area contributed by atoms with Crippen LogP contribution in [0.15, 0.2) is 41.2 Å². The fraction of sp³-hybridized carbons (Fsp3) is 0.273. The van der Waals surface area contributed by atoms with Gasteiger partial charge in [-0.1, -0.05) is 29.8 Å². The van der Waals surface area contributed by atoms with Gasteiger partial charge in [-0.15, -0.1) is 0 Å². The Kier molecular flexibility index (Phi) is 5.93. The number of aromatic nitrogens is 2. The molecule has 0 fully saturated rings. The number of ether oxygens (including phenoxy) is 2. The van der Waals surface area contributed by atoms with Crippen LogP contribution in [0.3, 0.4) is 0 Å². The highest BCUT2D eigenvalue weighted by molar-refractivity contribution is 5.77. The van der Waals surface area contributed by atoms with E-state index in [1.54, 1.807) is 24.3 Å². The van der Waals surface area contributed by atoms with Gasteiger partial charge in [0.25, 0.3) is 5.56 Å². The van der Waals surface area contributed by atoms with Crippen molar-refractivity contribution in [2.75, 3.05) is 6.61 Å². The predicted octanol–water partition coefficient (Wildman–Crippen LogP) is 2.97. The van der Waals surface area contributed by atoms with Gasteiger partial charge in [-0.3, -0.25) is 9.36 Å². The second kappa shape index (κ2) is 8.57. The number of hydrogen-bond acceptors (Lipinski definition) is 6. The molecule has 3 rings (SSSR count). The minimum absolute atomic E-state index is 0.179. The van der Waals surface area contributed by atoms with Crippen LogP contribution in [-0.4, -0.2) is 22.1 Å². The van der Waals surface area contributed by atoms with E-state index in [1.165, 1.54) is 4.57 Å². The molecule has 2 aromatic carbocycles. The van der Waals surface area contributed by atoms with E-state index in [1.807, 2.05) is 39.0 Å². The summed E-state index contributed by atoms with van der Waals surface area (Å²) in [5.41, 5.74) is 3.14. The number of nitrogens with zero attached hydrogens (tertiary/aromatic N) is 3. The van der Waals surface area contributed by atoms with Crippen LogP contribution in [0, 0.1) is 32.1 Å². The van der Waals surface area contributed by atoms with E-state index in [9.17, 15) is 9.59 Å². The molecule has 0 amide bonds. The molecule has 0 aliphatic rings. The monoisotopic (exact) mass is 391 g/mol. The molecule has 1 aromatic heterocycles. The van der Waals surface area contributed by atoms with E-state index in [2.05, 4.69) is 4.98 Å². The first kappa shape index (κ1) is 20.1. The van der Waals surface area contributed by atoms with Crippen molar-refractivity contribution in [3.05, 3.63) is 69.3 Å². The summed E-state index contributed by atoms with van der Waals surface area (Å²) in [7, 11) is 0. The Labute approximate surface area is 168 Å². The number of esters is 1. The van der Waals surface area contributed by atoms with Crippen molar-refractivity contribution in [1.29, 1.82) is 5.26 Å². The van der Waals surface area contributed by atoms with Crippen LogP contribution < -0.4 is 10.3 Å². The number of benzene rings is 2. The maximum Gasteiger partial charge on any atom is 0.344 e. The number of hydrogen-bond donors (Lipinski definition) is 0. The van der Waals surface area contributed by atoms with Crippen molar-refractivity contribution in [3.63, 3.8) is 0 Å². The van der Waals surface area contributed by atoms with Crippen molar-refractivity contribution in [3.8, 4) is 11.8 Å². The van der Waals surface area contributed by atoms with Crippen LogP contribution in [-0.2, 0) is 22.7 Å². The van der Waals surface area contributed by atoms with Crippen LogP contribution in [0.1, 0.15) is 22.5 Å². The molecule has 29 heavy (non-hydrogen) atoms. The van der Waals surface area contributed by atoms with Gasteiger partial charge in [-0.25, -0.2) is 9.78 Å². The van der Waals surface area contributed by atoms with Gasteiger partial charge in [0.2, 0.25) is 0 Å². The average molecular weight is 391 g/mol. The highest BCUT2D eigenvalue weighted by Gasteiger charge is 2.14. The van der Waals surface area contributed by atoms with E-state index in [0.717, 1.165) is 16.7 Å². The number of nitriles is 1. The smallest absolute Gasteiger partial charge is 0.344 e. The minimum atomic E-state index is -0.588. The summed E-state index contributed by atoms with van der Waals surface area (Å²) in [5.74, 6) is 0.277. The molecule has 0 saturated carbocycles. The summed E-state index contributed by atoms with van der Waals surface area (Å²) >= 11 is 0. The van der Waals surface area contributed by atoms with Crippen LogP contribution in [0.25, 0.3) is 10.9 Å². The molecule has 3 aromatic rings. The Bertz CT molecular complexity index is 1150. The predicted molar refractivity (Wildman–Crippen MR) is 108 cm³/mol. The summed E-state index contributed by atoms with van der Waals surface area (Å²) < 4.78 is 12.1. The quantitative estimate of drug-likeness (QED) is 0.600. The topological polar surface area (TPSA) is 94.2 Å². The number of aryl methyl sites for hydroxylation is 3. The second-order valence-electron chi connectivity index (χ2n) is 6.77. The zero-order valence-electron chi connectivity index (χ0n) is 16.6. The average Bonchev–Trinajstić information content (AvgIpc) is 2.68. The Balaban J connectivity index is 1.73. The first-order valence-electron chi connectivity index (χ1n) is 9.12. The molecule has 7 nitrogen and oxygen atoms in total. The zero-order valence-corrected chi connectivity index (χ0v) is 16.6. The minimum Gasteiger partial charge on any atom is -0.481 e. The van der Waals surface area contributed by atoms with Crippen LogP contribution >= 0.6 is 0 Å². The lowest BCUT2D eigenvalue weighted by Crippen LogP contribution is -2.26. The van der Waals surface area contributed by atoms with Crippen LogP contribution in [0.5, 0.6) is 5.75 Å². The summed E-state index contributed by atoms with van der Waals surface area (Å²) in [6.07, 6.45) is 0. The molecule has 0 saturated heterocycles. The number of carbonyl (C=O) groups is 1. The zero-order chi connectivity index (χ0) is 21.0. The van der Waals surface area contributed by atoms with Gasteiger partial charge in [0, 0.05) is 0 Å². The fourth-order valence-corrected chi connectivity index (χ4v) is 3.27. The first-order valence-corrected chi connectivity index (χ1v) is 9.12. The molecule has 0 unspecified atom stereocenters. The van der Waals surface area contributed by atoms with E-state index in [0.29, 0.717) is 16.7 Å². The third-order valence-electron chi connectivity index (χ3n) is 4.47. The van der Waals surface area contributed by atoms with Gasteiger partial charge in [-0.2, -0.15) is 5.26 Å². The summed E-state index contributed by atoms with van der Waals surface area (Å²) in [6, 6.07) is 12.7. The number of fused-ring (bicyclic) bond motifs is 1. The van der Waals surface area contributed by atoms with Crippen LogP contribution in [0.4, 0.5) is 0 Å². The fourth-order valence-electron chi connectivity index (χ4n) is 3.27. The number of carbonyl (C=O) groups excluding carboxylic acids is 1. The highest BCUT2D eigenvalue weighted by atomic mass is 16.6. The van der Waals surface area contributed by atoms with Crippen molar-refractivity contribution >= 4 is 16.9 Å². The van der Waals surface area contributed by atoms with E-state index < -0.39 is 5.97 Å². The molecule has 0 aliphatic heterocycles. The SMILES string of the molecule is Cc1cc(C)c(OCC(=O)OCc2nc3ccccc3c(=O)n2CC#N)c(C)c1. The molecule has 7 heteroatoms. The van der Waals surface area contributed by atoms with Gasteiger partial charge in [0.05, 0.1) is 17.0 Å². The molecule has 0 aliphatic carbocycles. The summed E-state index contributed by atoms with van der Waals surface area (Å²) in [6.45, 7) is 5.16. The number of para-hydroxylation sites is 1. The molecule has 0 radical (unpaired) electrons. The van der Waals surface area contributed by atoms with Crippen molar-refractivity contribution in [2.24, 2.45) is 0 Å². The molecule has 0 N–H and O–H groups in total. The van der Waals surface area contributed by atoms with Gasteiger partial charge < -0.3 is 9.47 Å². The maximum atomic E-state index is 12.6. The molecular formula is C22H21N3O4. The van der Waals surface area contributed by atoms with E-state index in [-0.39, 0.29) is 31.1 Å². The van der Waals surface area contributed by atoms with E-state index in [4.69, 9.17) is 14.7 Å². The molecule has 1 heterocycles. The van der Waals surface area contributed by atoms with Crippen molar-refractivity contribution < 1.29 is 14.3 Å².